The zero-order chi connectivity index (χ0) is 9.61. The summed E-state index contributed by atoms with van der Waals surface area (Å²) >= 11 is 0. The lowest BCUT2D eigenvalue weighted by molar-refractivity contribution is 0.746. The molecule has 0 saturated carbocycles. The first-order chi connectivity index (χ1) is 5.45. The minimum atomic E-state index is -0.852. The highest BCUT2D eigenvalue weighted by Crippen LogP contribution is 2.10. The highest BCUT2D eigenvalue weighted by atomic mass is 28.3. The Hall–Kier alpha value is -0.303. The highest BCUT2D eigenvalue weighted by molar-refractivity contribution is 6.76. The van der Waals surface area contributed by atoms with Crippen molar-refractivity contribution in [2.45, 2.75) is 39.0 Å². The third kappa shape index (κ3) is 7.80. The van der Waals surface area contributed by atoms with E-state index in [2.05, 4.69) is 45.3 Å². The SMILES string of the molecule is C=CC(C)C/C=C\C[Si](C)(C)C. The van der Waals surface area contributed by atoms with Gasteiger partial charge in [-0.25, -0.2) is 0 Å². The predicted octanol–water partition coefficient (Wildman–Crippen LogP) is 4.09. The summed E-state index contributed by atoms with van der Waals surface area (Å²) in [5.74, 6) is 0.628. The van der Waals surface area contributed by atoms with Crippen LogP contribution in [0, 0.1) is 5.92 Å². The molecule has 0 spiro atoms. The molecule has 0 radical (unpaired) electrons. The molecule has 0 fully saturated rings. The standard InChI is InChI=1S/C11H22Si/c1-6-11(2)9-7-8-10-12(3,4)5/h6-8,11H,1,9-10H2,2-5H3/b8-7-. The number of hydrogen-bond acceptors (Lipinski definition) is 0. The van der Waals surface area contributed by atoms with Crippen LogP contribution in [0.25, 0.3) is 0 Å². The van der Waals surface area contributed by atoms with Crippen LogP contribution in [-0.4, -0.2) is 8.07 Å². The third-order valence-electron chi connectivity index (χ3n) is 1.81. The normalized spacial score (nSPS) is 15.0. The average Bonchev–Trinajstić information content (AvgIpc) is 1.96. The predicted molar refractivity (Wildman–Crippen MR) is 61.3 cm³/mol. The maximum atomic E-state index is 3.76. The lowest BCUT2D eigenvalue weighted by Gasteiger charge is -2.11. The van der Waals surface area contributed by atoms with Gasteiger partial charge in [-0.3, -0.25) is 0 Å². The monoisotopic (exact) mass is 182 g/mol. The maximum Gasteiger partial charge on any atom is 0.0480 e. The van der Waals surface area contributed by atoms with Crippen molar-refractivity contribution in [2.75, 3.05) is 0 Å². The summed E-state index contributed by atoms with van der Waals surface area (Å²) in [4.78, 5) is 0. The first-order valence-corrected chi connectivity index (χ1v) is 8.44. The van der Waals surface area contributed by atoms with Gasteiger partial charge >= 0.3 is 0 Å². The molecule has 0 heterocycles. The fourth-order valence-corrected chi connectivity index (χ4v) is 1.72. The van der Waals surface area contributed by atoms with Gasteiger partial charge in [-0.2, -0.15) is 0 Å². The highest BCUT2D eigenvalue weighted by Gasteiger charge is 2.09. The summed E-state index contributed by atoms with van der Waals surface area (Å²) in [6.45, 7) is 13.2. The van der Waals surface area contributed by atoms with Gasteiger partial charge in [0.15, 0.2) is 0 Å². The number of allylic oxidation sites excluding steroid dienone is 3. The van der Waals surface area contributed by atoms with Gasteiger partial charge in [-0.15, -0.1) is 6.58 Å². The fraction of sp³-hybridized carbons (Fsp3) is 0.636. The van der Waals surface area contributed by atoms with E-state index in [9.17, 15) is 0 Å². The van der Waals surface area contributed by atoms with Crippen LogP contribution in [0.15, 0.2) is 24.8 Å². The number of hydrogen-bond donors (Lipinski definition) is 0. The summed E-state index contributed by atoms with van der Waals surface area (Å²) < 4.78 is 0. The van der Waals surface area contributed by atoms with Gasteiger partial charge in [0.25, 0.3) is 0 Å². The third-order valence-corrected chi connectivity index (χ3v) is 3.27. The second kappa shape index (κ2) is 5.36. The summed E-state index contributed by atoms with van der Waals surface area (Å²) in [5, 5.41) is 0. The molecule has 0 saturated heterocycles. The first kappa shape index (κ1) is 11.7. The quantitative estimate of drug-likeness (QED) is 0.444. The molecule has 0 nitrogen and oxygen atoms in total. The van der Waals surface area contributed by atoms with Crippen molar-refractivity contribution >= 4 is 8.07 Å². The Kier molecular flexibility index (Phi) is 5.23. The molecule has 0 aliphatic carbocycles. The molecule has 12 heavy (non-hydrogen) atoms. The van der Waals surface area contributed by atoms with Crippen LogP contribution in [0.3, 0.4) is 0 Å². The van der Waals surface area contributed by atoms with Crippen molar-refractivity contribution in [1.82, 2.24) is 0 Å². The summed E-state index contributed by atoms with van der Waals surface area (Å²) in [6, 6.07) is 1.30. The molecule has 1 unspecified atom stereocenters. The van der Waals surface area contributed by atoms with Crippen molar-refractivity contribution in [3.05, 3.63) is 24.8 Å². The second-order valence-corrected chi connectivity index (χ2v) is 10.2. The number of rotatable bonds is 5. The molecule has 0 N–H and O–H groups in total. The molecule has 1 atom stereocenters. The van der Waals surface area contributed by atoms with Gasteiger partial charge in [-0.1, -0.05) is 44.8 Å². The van der Waals surface area contributed by atoms with E-state index in [1.54, 1.807) is 0 Å². The van der Waals surface area contributed by atoms with Crippen molar-refractivity contribution in [1.29, 1.82) is 0 Å². The van der Waals surface area contributed by atoms with Crippen LogP contribution in [0.5, 0.6) is 0 Å². The van der Waals surface area contributed by atoms with Crippen LogP contribution in [0.2, 0.25) is 25.7 Å². The molecular weight excluding hydrogens is 160 g/mol. The van der Waals surface area contributed by atoms with Crippen LogP contribution in [-0.2, 0) is 0 Å². The lowest BCUT2D eigenvalue weighted by atomic mass is 10.1. The van der Waals surface area contributed by atoms with Crippen LogP contribution in [0.4, 0.5) is 0 Å². The van der Waals surface area contributed by atoms with Gasteiger partial charge in [0.05, 0.1) is 0 Å². The van der Waals surface area contributed by atoms with Crippen molar-refractivity contribution in [3.8, 4) is 0 Å². The van der Waals surface area contributed by atoms with Crippen molar-refractivity contribution < 1.29 is 0 Å². The summed E-state index contributed by atoms with van der Waals surface area (Å²) in [5.41, 5.74) is 0. The molecule has 1 heteroatoms. The molecule has 0 aliphatic rings. The van der Waals surface area contributed by atoms with E-state index in [0.717, 1.165) is 6.42 Å². The molecule has 0 aromatic heterocycles. The van der Waals surface area contributed by atoms with E-state index in [1.165, 1.54) is 6.04 Å². The second-order valence-electron chi connectivity index (χ2n) is 4.68. The Bertz CT molecular complexity index is 151. The van der Waals surface area contributed by atoms with E-state index in [1.807, 2.05) is 6.08 Å². The topological polar surface area (TPSA) is 0 Å². The van der Waals surface area contributed by atoms with E-state index in [4.69, 9.17) is 0 Å². The maximum absolute atomic E-state index is 3.76. The Morgan fingerprint density at radius 2 is 1.83 bits per heavy atom. The van der Waals surface area contributed by atoms with Gasteiger partial charge < -0.3 is 0 Å². The zero-order valence-corrected chi connectivity index (χ0v) is 9.93. The Labute approximate surface area is 78.4 Å². The molecule has 0 bridgehead atoms. The van der Waals surface area contributed by atoms with Crippen LogP contribution < -0.4 is 0 Å². The van der Waals surface area contributed by atoms with Gasteiger partial charge in [-0.05, 0) is 18.4 Å². The van der Waals surface area contributed by atoms with Gasteiger partial charge in [0, 0.05) is 8.07 Å². The molecule has 70 valence electrons. The van der Waals surface area contributed by atoms with E-state index in [-0.39, 0.29) is 0 Å². The van der Waals surface area contributed by atoms with E-state index in [0.29, 0.717) is 5.92 Å². The van der Waals surface area contributed by atoms with E-state index >= 15 is 0 Å². The molecule has 0 aliphatic heterocycles. The average molecular weight is 182 g/mol. The largest absolute Gasteiger partial charge is 0.103 e. The summed E-state index contributed by atoms with van der Waals surface area (Å²) in [7, 11) is -0.852. The van der Waals surface area contributed by atoms with Crippen LogP contribution in [0.1, 0.15) is 13.3 Å². The minimum absolute atomic E-state index is 0.628. The van der Waals surface area contributed by atoms with Crippen molar-refractivity contribution in [3.63, 3.8) is 0 Å². The first-order valence-electron chi connectivity index (χ1n) is 4.73. The lowest BCUT2D eigenvalue weighted by Crippen LogP contribution is -2.17. The van der Waals surface area contributed by atoms with Gasteiger partial charge in [0.1, 0.15) is 0 Å². The molecule has 0 amide bonds. The molecule has 0 aromatic carbocycles. The smallest absolute Gasteiger partial charge is 0.0480 e. The van der Waals surface area contributed by atoms with Gasteiger partial charge in [0.2, 0.25) is 0 Å². The molecule has 0 aromatic rings. The Morgan fingerprint density at radius 1 is 1.25 bits per heavy atom. The Morgan fingerprint density at radius 3 is 2.25 bits per heavy atom. The molecular formula is C11H22Si. The molecule has 0 rings (SSSR count). The van der Waals surface area contributed by atoms with E-state index < -0.39 is 8.07 Å². The minimum Gasteiger partial charge on any atom is -0.103 e. The zero-order valence-electron chi connectivity index (χ0n) is 8.93. The summed E-state index contributed by atoms with van der Waals surface area (Å²) in [6.07, 6.45) is 7.80. The van der Waals surface area contributed by atoms with Crippen molar-refractivity contribution in [2.24, 2.45) is 5.92 Å². The van der Waals surface area contributed by atoms with Crippen LogP contribution >= 0.6 is 0 Å². The fourth-order valence-electron chi connectivity index (χ4n) is 0.844. The Balaban J connectivity index is 3.57.